The number of hydrogen-bond acceptors (Lipinski definition) is 24. The largest absolute Gasteiger partial charge is 0.465 e. The molecule has 4 aromatic rings. The Hall–Kier alpha value is -2.15. The van der Waals surface area contributed by atoms with E-state index in [0.29, 0.717) is 45.8 Å². The highest BCUT2D eigenvalue weighted by atomic mass is 32.2. The minimum Gasteiger partial charge on any atom is -0.465 e. The highest BCUT2D eigenvalue weighted by Gasteiger charge is 2.28. The highest BCUT2D eigenvalue weighted by molar-refractivity contribution is 8.01. The van der Waals surface area contributed by atoms with Crippen molar-refractivity contribution in [2.24, 2.45) is 22.2 Å². The molecule has 17 nitrogen and oxygen atoms in total. The van der Waals surface area contributed by atoms with Gasteiger partial charge in [0.05, 0.1) is 35.4 Å². The van der Waals surface area contributed by atoms with E-state index in [1.54, 1.807) is 23.1 Å². The van der Waals surface area contributed by atoms with E-state index in [9.17, 15) is 19.2 Å². The van der Waals surface area contributed by atoms with Crippen LogP contribution in [0.4, 0.5) is 5.13 Å². The Morgan fingerprint density at radius 3 is 1.11 bits per heavy atom. The summed E-state index contributed by atoms with van der Waals surface area (Å²) in [5.41, 5.74) is -1.08. The van der Waals surface area contributed by atoms with Crippen LogP contribution in [0.25, 0.3) is 0 Å². The molecule has 0 aliphatic rings. The molecule has 0 bridgehead atoms. The number of rotatable bonds is 42. The van der Waals surface area contributed by atoms with Crippen molar-refractivity contribution in [3.05, 3.63) is 15.8 Å². The van der Waals surface area contributed by atoms with Crippen LogP contribution in [0, 0.1) is 38.0 Å². The minimum atomic E-state index is -0.395. The number of H-pyrrole nitrogens is 4. The molecule has 28 heteroatoms. The van der Waals surface area contributed by atoms with Crippen LogP contribution in [-0.2, 0) is 38.1 Å². The van der Waals surface area contributed by atoms with Crippen LogP contribution in [0.2, 0.25) is 0 Å². The predicted octanol–water partition coefficient (Wildman–Crippen LogP) is 19.0. The summed E-state index contributed by atoms with van der Waals surface area (Å²) in [4.78, 5) is 46.6. The summed E-state index contributed by atoms with van der Waals surface area (Å²) in [6, 6.07) is 0. The normalized spacial score (nSPS) is 11.7. The maximum Gasteiger partial charge on any atom is 0.311 e. The molecule has 85 heavy (non-hydrogen) atoms. The summed E-state index contributed by atoms with van der Waals surface area (Å²) >= 11 is 30.6. The van der Waals surface area contributed by atoms with Gasteiger partial charge >= 0.3 is 23.9 Å². The SMILES string of the molecule is CCC(C)(C)C(=O)OCCCCCCCCCCCNc1n[nH]c(=S)s1.CCC(C)(C)C(=O)OCCCCCCCCCCCSc1n[nH]c(=S)s1.CCC(C)(C)C(=O)OCCSc1n[nH]c(=S)s1.CCC(C)C(=O)OCCSc1n[nH]c(=S)s1. The molecular weight excluding hydrogens is 1290 g/mol. The first-order valence-electron chi connectivity index (χ1n) is 30.0. The van der Waals surface area contributed by atoms with Gasteiger partial charge in [-0.3, -0.25) is 39.6 Å². The Labute approximate surface area is 556 Å². The molecule has 4 aromatic heterocycles. The van der Waals surface area contributed by atoms with Gasteiger partial charge in [-0.1, -0.05) is 205 Å². The summed E-state index contributed by atoms with van der Waals surface area (Å²) in [6.45, 7) is 24.4. The van der Waals surface area contributed by atoms with Gasteiger partial charge in [-0.15, -0.1) is 5.10 Å². The lowest BCUT2D eigenvalue weighted by Gasteiger charge is -2.20. The molecule has 1 unspecified atom stereocenters. The van der Waals surface area contributed by atoms with Crippen LogP contribution >= 0.6 is 130 Å². The van der Waals surface area contributed by atoms with Gasteiger partial charge in [0.1, 0.15) is 13.2 Å². The number of esters is 4. The standard InChI is InChI=1S/C19H35N3O2S2.C19H34N2O2S3.C10H16N2O2S3.C9H14N2O2S3/c1-4-19(2,3)16(23)24-15-13-11-9-7-5-6-8-10-12-14-20-17-21-22-18(25)26-17;1-4-19(2,3)16(22)23-14-12-10-8-6-5-7-9-11-13-15-25-18-21-20-17(24)26-18;1-4-10(2,3)7(13)14-5-6-16-9-12-11-8(15)17-9;1-3-6(2)7(12)13-4-5-15-9-11-10-8(14)16-9/h4-15H2,1-3H3,(H,20,21)(H,22,25);4-15H2,1-3H3,(H,20,24);4-6H2,1-3H3,(H,11,15);6H,3-5H2,1-2H3,(H,10,14). The third kappa shape index (κ3) is 41.0. The van der Waals surface area contributed by atoms with Crippen molar-refractivity contribution in [1.29, 1.82) is 0 Å². The summed E-state index contributed by atoms with van der Waals surface area (Å²) in [6.07, 6.45) is 25.4. The second-order valence-electron chi connectivity index (χ2n) is 22.0. The summed E-state index contributed by atoms with van der Waals surface area (Å²) in [5, 5.41) is 31.4. The number of unbranched alkanes of at least 4 members (excludes halogenated alkanes) is 16. The van der Waals surface area contributed by atoms with Gasteiger partial charge in [-0.2, -0.15) is 15.3 Å². The van der Waals surface area contributed by atoms with Crippen molar-refractivity contribution in [2.75, 3.05) is 55.5 Å². The Balaban J connectivity index is 0.000000579. The van der Waals surface area contributed by atoms with Crippen LogP contribution in [0.15, 0.2) is 13.0 Å². The molecule has 4 heterocycles. The first kappa shape index (κ1) is 80.9. The molecule has 0 saturated heterocycles. The monoisotopic (exact) mass is 1390 g/mol. The molecule has 0 aliphatic heterocycles. The summed E-state index contributed by atoms with van der Waals surface area (Å²) < 4.78 is 26.6. The van der Waals surface area contributed by atoms with Crippen molar-refractivity contribution in [3.8, 4) is 0 Å². The average molecular weight is 1390 g/mol. The summed E-state index contributed by atoms with van der Waals surface area (Å²) in [5.74, 6) is 2.12. The smallest absolute Gasteiger partial charge is 0.311 e. The number of aromatic amines is 4. The van der Waals surface area contributed by atoms with E-state index in [1.165, 1.54) is 147 Å². The number of nitrogens with zero attached hydrogens (tertiary/aromatic N) is 4. The zero-order valence-electron chi connectivity index (χ0n) is 52.3. The molecule has 5 N–H and O–H groups in total. The zero-order valence-corrected chi connectivity index (χ0v) is 61.3. The molecule has 486 valence electrons. The molecule has 4 rings (SSSR count). The van der Waals surface area contributed by atoms with Gasteiger partial charge in [0, 0.05) is 23.8 Å². The third-order valence-corrected chi connectivity index (χ3v) is 21.4. The molecule has 0 spiro atoms. The van der Waals surface area contributed by atoms with E-state index in [2.05, 4.69) is 46.1 Å². The molecular formula is C57H99N9O8S11. The number of carbonyl (C=O) groups is 4. The Morgan fingerprint density at radius 1 is 0.447 bits per heavy atom. The highest BCUT2D eigenvalue weighted by Crippen LogP contribution is 2.26. The second-order valence-corrected chi connectivity index (χ2v) is 32.7. The number of thioether (sulfide) groups is 3. The summed E-state index contributed by atoms with van der Waals surface area (Å²) in [7, 11) is 0. The van der Waals surface area contributed by atoms with E-state index in [1.807, 2.05) is 76.2 Å². The van der Waals surface area contributed by atoms with E-state index in [0.717, 1.165) is 89.7 Å². The fourth-order valence-corrected chi connectivity index (χ4v) is 13.5. The van der Waals surface area contributed by atoms with E-state index >= 15 is 0 Å². The van der Waals surface area contributed by atoms with Gasteiger partial charge in [0.15, 0.2) is 28.8 Å². The van der Waals surface area contributed by atoms with Gasteiger partial charge in [0.25, 0.3) is 0 Å². The molecule has 0 saturated carbocycles. The maximum atomic E-state index is 11.8. The van der Waals surface area contributed by atoms with Crippen LogP contribution in [0.5, 0.6) is 0 Å². The van der Waals surface area contributed by atoms with Gasteiger partial charge in [-0.05, 0) is 142 Å². The zero-order chi connectivity index (χ0) is 63.4. The number of aromatic nitrogens is 8. The Kier molecular flexibility index (Phi) is 46.3. The number of nitrogens with one attached hydrogen (secondary N) is 5. The van der Waals surface area contributed by atoms with Gasteiger partial charge < -0.3 is 24.3 Å². The van der Waals surface area contributed by atoms with Gasteiger partial charge in [0.2, 0.25) is 5.13 Å². The van der Waals surface area contributed by atoms with E-state index in [-0.39, 0.29) is 40.6 Å². The van der Waals surface area contributed by atoms with E-state index in [4.69, 9.17) is 67.8 Å². The van der Waals surface area contributed by atoms with Crippen molar-refractivity contribution in [1.82, 2.24) is 40.8 Å². The number of ether oxygens (including phenoxy) is 4. The minimum absolute atomic E-state index is 0.0163. The third-order valence-electron chi connectivity index (χ3n) is 13.7. The lowest BCUT2D eigenvalue weighted by atomic mass is 9.91. The molecule has 0 fully saturated rings. The van der Waals surface area contributed by atoms with Crippen molar-refractivity contribution in [3.63, 3.8) is 0 Å². The average Bonchev–Trinajstić information content (AvgIpc) is 4.41. The number of carbonyl (C=O) groups excluding carboxylic acids is 4. The molecule has 0 radical (unpaired) electrons. The topological polar surface area (TPSA) is 232 Å². The second kappa shape index (κ2) is 48.7. The lowest BCUT2D eigenvalue weighted by Crippen LogP contribution is -2.26. The first-order valence-corrected chi connectivity index (χ1v) is 37.9. The molecule has 0 aromatic carbocycles. The Bertz CT molecular complexity index is 2530. The Morgan fingerprint density at radius 2 is 0.765 bits per heavy atom. The molecule has 0 amide bonds. The van der Waals surface area contributed by atoms with Crippen LogP contribution < -0.4 is 5.32 Å². The van der Waals surface area contributed by atoms with Crippen LogP contribution in [0.1, 0.15) is 217 Å². The fraction of sp³-hybridized carbons (Fsp3) is 0.789. The van der Waals surface area contributed by atoms with Crippen molar-refractivity contribution in [2.45, 2.75) is 230 Å². The molecule has 1 atom stereocenters. The van der Waals surface area contributed by atoms with Crippen molar-refractivity contribution < 1.29 is 38.1 Å². The van der Waals surface area contributed by atoms with Crippen LogP contribution in [-0.4, -0.2) is 115 Å². The first-order chi connectivity index (χ1) is 40.5. The molecule has 0 aliphatic carbocycles. The number of anilines is 1. The van der Waals surface area contributed by atoms with E-state index < -0.39 is 5.41 Å². The van der Waals surface area contributed by atoms with Crippen molar-refractivity contribution >= 4 is 159 Å². The maximum absolute atomic E-state index is 11.8. The number of hydrogen-bond donors (Lipinski definition) is 5. The van der Waals surface area contributed by atoms with Crippen LogP contribution in [0.3, 0.4) is 0 Å². The van der Waals surface area contributed by atoms with Gasteiger partial charge in [-0.25, -0.2) is 0 Å². The fourth-order valence-electron chi connectivity index (χ4n) is 6.59. The quantitative estimate of drug-likeness (QED) is 0.00912. The lowest BCUT2D eigenvalue weighted by molar-refractivity contribution is -0.155. The predicted molar refractivity (Wildman–Crippen MR) is 368 cm³/mol.